The highest BCUT2D eigenvalue weighted by Gasteiger charge is 1.97. The van der Waals surface area contributed by atoms with E-state index < -0.39 is 0 Å². The molecule has 2 aromatic rings. The number of esters is 1. The Kier molecular flexibility index (Phi) is 10.8. The molecule has 2 aromatic carbocycles. The Morgan fingerprint density at radius 3 is 2.07 bits per heavy atom. The molecule has 3 nitrogen and oxygen atoms in total. The van der Waals surface area contributed by atoms with Crippen LogP contribution in [-0.4, -0.2) is 18.8 Å². The van der Waals surface area contributed by atoms with Crippen LogP contribution < -0.4 is 0 Å². The predicted molar refractivity (Wildman–Crippen MR) is 122 cm³/mol. The summed E-state index contributed by atoms with van der Waals surface area (Å²) in [5.41, 5.74) is 4.90. The molecular weight excluding hydrogens is 358 g/mol. The maximum Gasteiger partial charge on any atom is 0.302 e. The maximum atomic E-state index is 10.7. The summed E-state index contributed by atoms with van der Waals surface area (Å²) in [6.45, 7) is 4.24. The van der Waals surface area contributed by atoms with Crippen molar-refractivity contribution in [2.24, 2.45) is 4.99 Å². The van der Waals surface area contributed by atoms with Crippen molar-refractivity contribution in [3.8, 4) is 0 Å². The van der Waals surface area contributed by atoms with Crippen molar-refractivity contribution >= 4 is 17.9 Å². The molecule has 0 bridgehead atoms. The Bertz CT molecular complexity index is 732. The van der Waals surface area contributed by atoms with Crippen LogP contribution in [-0.2, 0) is 22.4 Å². The Balaban J connectivity index is 1.66. The standard InChI is InChI=1S/C26H35NO2/c1-3-4-10-23-16-18-26(19-17-23)27-21-25-14-12-24(13-15-25)11-8-6-5-7-9-20-29-22(2)28/h12-19,21H,3-11,20H2,1-2H3. The van der Waals surface area contributed by atoms with E-state index in [0.29, 0.717) is 6.61 Å². The Morgan fingerprint density at radius 1 is 0.828 bits per heavy atom. The van der Waals surface area contributed by atoms with Gasteiger partial charge in [-0.05, 0) is 60.9 Å². The van der Waals surface area contributed by atoms with Crippen LogP contribution in [0.1, 0.15) is 75.5 Å². The van der Waals surface area contributed by atoms with E-state index in [2.05, 4.69) is 60.4 Å². The van der Waals surface area contributed by atoms with Gasteiger partial charge in [-0.15, -0.1) is 0 Å². The van der Waals surface area contributed by atoms with Crippen molar-refractivity contribution in [1.82, 2.24) is 0 Å². The van der Waals surface area contributed by atoms with Crippen LogP contribution in [0, 0.1) is 0 Å². The van der Waals surface area contributed by atoms with Gasteiger partial charge >= 0.3 is 5.97 Å². The summed E-state index contributed by atoms with van der Waals surface area (Å²) in [5.74, 6) is -0.182. The van der Waals surface area contributed by atoms with E-state index in [-0.39, 0.29) is 5.97 Å². The number of carbonyl (C=O) groups excluding carboxylic acids is 1. The molecule has 0 heterocycles. The minimum atomic E-state index is -0.182. The first kappa shape index (κ1) is 22.9. The summed E-state index contributed by atoms with van der Waals surface area (Å²) < 4.78 is 4.95. The third-order valence-corrected chi connectivity index (χ3v) is 5.01. The van der Waals surface area contributed by atoms with Crippen molar-refractivity contribution in [2.75, 3.05) is 6.61 Å². The zero-order valence-electron chi connectivity index (χ0n) is 18.0. The lowest BCUT2D eigenvalue weighted by Gasteiger charge is -2.04. The second kappa shape index (κ2) is 13.7. The Labute approximate surface area is 176 Å². The molecule has 0 aromatic heterocycles. The average molecular weight is 394 g/mol. The fourth-order valence-electron chi connectivity index (χ4n) is 3.23. The number of unbranched alkanes of at least 4 members (excludes halogenated alkanes) is 5. The number of rotatable bonds is 13. The summed E-state index contributed by atoms with van der Waals surface area (Å²) in [7, 11) is 0. The minimum Gasteiger partial charge on any atom is -0.466 e. The molecule has 0 spiro atoms. The van der Waals surface area contributed by atoms with Crippen LogP contribution in [0.4, 0.5) is 5.69 Å². The minimum absolute atomic E-state index is 0.182. The predicted octanol–water partition coefficient (Wildman–Crippen LogP) is 6.84. The maximum absolute atomic E-state index is 10.7. The van der Waals surface area contributed by atoms with Gasteiger partial charge in [-0.1, -0.05) is 69.0 Å². The first-order valence-electron chi connectivity index (χ1n) is 11.0. The van der Waals surface area contributed by atoms with E-state index in [0.717, 1.165) is 36.9 Å². The van der Waals surface area contributed by atoms with E-state index in [1.165, 1.54) is 50.2 Å². The normalized spacial score (nSPS) is 11.1. The highest BCUT2D eigenvalue weighted by atomic mass is 16.5. The number of aryl methyl sites for hydroxylation is 2. The lowest BCUT2D eigenvalue weighted by Crippen LogP contribution is -2.00. The van der Waals surface area contributed by atoms with Crippen LogP contribution in [0.15, 0.2) is 53.5 Å². The van der Waals surface area contributed by atoms with Crippen LogP contribution in [0.3, 0.4) is 0 Å². The number of nitrogens with zero attached hydrogens (tertiary/aromatic N) is 1. The molecule has 0 amide bonds. The number of carbonyl (C=O) groups is 1. The van der Waals surface area contributed by atoms with Gasteiger partial charge in [0.1, 0.15) is 0 Å². The highest BCUT2D eigenvalue weighted by molar-refractivity contribution is 5.81. The molecule has 0 saturated heterocycles. The largest absolute Gasteiger partial charge is 0.466 e. The molecule has 0 radical (unpaired) electrons. The summed E-state index contributed by atoms with van der Waals surface area (Å²) in [6.07, 6.45) is 12.4. The Morgan fingerprint density at radius 2 is 1.41 bits per heavy atom. The van der Waals surface area contributed by atoms with Gasteiger partial charge in [-0.3, -0.25) is 9.79 Å². The van der Waals surface area contributed by atoms with E-state index in [1.54, 1.807) is 0 Å². The zero-order chi connectivity index (χ0) is 20.7. The molecule has 0 aliphatic heterocycles. The molecular formula is C26H35NO2. The molecule has 0 fully saturated rings. The van der Waals surface area contributed by atoms with Gasteiger partial charge in [0.25, 0.3) is 0 Å². The van der Waals surface area contributed by atoms with Gasteiger partial charge < -0.3 is 4.74 Å². The first-order chi connectivity index (χ1) is 14.2. The molecule has 156 valence electrons. The van der Waals surface area contributed by atoms with Crippen molar-refractivity contribution in [2.45, 2.75) is 71.6 Å². The fourth-order valence-corrected chi connectivity index (χ4v) is 3.23. The molecule has 0 aliphatic rings. The number of benzene rings is 2. The summed E-state index contributed by atoms with van der Waals surface area (Å²) >= 11 is 0. The molecule has 0 saturated carbocycles. The fraction of sp³-hybridized carbons (Fsp3) is 0.462. The lowest BCUT2D eigenvalue weighted by molar-refractivity contribution is -0.141. The summed E-state index contributed by atoms with van der Waals surface area (Å²) in [4.78, 5) is 15.3. The SMILES string of the molecule is CCCCc1ccc(N=Cc2ccc(CCCCCCCOC(C)=O)cc2)cc1. The van der Waals surface area contributed by atoms with Crippen LogP contribution in [0.25, 0.3) is 0 Å². The van der Waals surface area contributed by atoms with E-state index in [9.17, 15) is 4.79 Å². The van der Waals surface area contributed by atoms with Crippen molar-refractivity contribution in [3.63, 3.8) is 0 Å². The third-order valence-electron chi connectivity index (χ3n) is 5.01. The van der Waals surface area contributed by atoms with E-state index in [1.807, 2.05) is 6.21 Å². The van der Waals surface area contributed by atoms with E-state index >= 15 is 0 Å². The lowest BCUT2D eigenvalue weighted by atomic mass is 10.0. The molecule has 0 atom stereocenters. The molecule has 0 aliphatic carbocycles. The molecule has 2 rings (SSSR count). The van der Waals surface area contributed by atoms with Gasteiger partial charge in [-0.2, -0.15) is 0 Å². The molecule has 29 heavy (non-hydrogen) atoms. The van der Waals surface area contributed by atoms with Gasteiger partial charge in [0.05, 0.1) is 12.3 Å². The molecule has 0 unspecified atom stereocenters. The van der Waals surface area contributed by atoms with Crippen LogP contribution in [0.2, 0.25) is 0 Å². The highest BCUT2D eigenvalue weighted by Crippen LogP contribution is 2.15. The smallest absolute Gasteiger partial charge is 0.302 e. The molecule has 0 N–H and O–H groups in total. The number of hydrogen-bond acceptors (Lipinski definition) is 3. The first-order valence-corrected chi connectivity index (χ1v) is 11.0. The third kappa shape index (κ3) is 10.1. The van der Waals surface area contributed by atoms with E-state index in [4.69, 9.17) is 4.74 Å². The number of hydrogen-bond donors (Lipinski definition) is 0. The Hall–Kier alpha value is -2.42. The van der Waals surface area contributed by atoms with Crippen LogP contribution in [0.5, 0.6) is 0 Å². The van der Waals surface area contributed by atoms with Gasteiger partial charge in [0.15, 0.2) is 0 Å². The monoisotopic (exact) mass is 393 g/mol. The van der Waals surface area contributed by atoms with Gasteiger partial charge in [0.2, 0.25) is 0 Å². The van der Waals surface area contributed by atoms with Crippen molar-refractivity contribution in [3.05, 3.63) is 65.2 Å². The topological polar surface area (TPSA) is 38.7 Å². The van der Waals surface area contributed by atoms with Crippen molar-refractivity contribution < 1.29 is 9.53 Å². The van der Waals surface area contributed by atoms with Gasteiger partial charge in [0, 0.05) is 13.1 Å². The van der Waals surface area contributed by atoms with Gasteiger partial charge in [-0.25, -0.2) is 0 Å². The number of aliphatic imine (C=N–C) groups is 1. The molecule has 3 heteroatoms. The van der Waals surface area contributed by atoms with Crippen LogP contribution >= 0.6 is 0 Å². The second-order valence-corrected chi connectivity index (χ2v) is 7.63. The average Bonchev–Trinajstić information content (AvgIpc) is 2.74. The van der Waals surface area contributed by atoms with Crippen molar-refractivity contribution in [1.29, 1.82) is 0 Å². The number of ether oxygens (including phenoxy) is 1. The summed E-state index contributed by atoms with van der Waals surface area (Å²) in [5, 5.41) is 0. The second-order valence-electron chi connectivity index (χ2n) is 7.63. The summed E-state index contributed by atoms with van der Waals surface area (Å²) in [6, 6.07) is 17.3. The quantitative estimate of drug-likeness (QED) is 0.212. The zero-order valence-corrected chi connectivity index (χ0v) is 18.0.